The van der Waals surface area contributed by atoms with Gasteiger partial charge in [0.05, 0.1) is 18.7 Å². The number of ether oxygens (including phenoxy) is 2. The molecule has 0 spiro atoms. The van der Waals surface area contributed by atoms with Crippen molar-refractivity contribution in [3.05, 3.63) is 63.4 Å². The number of carbonyl (C=O) groups is 2. The molecule has 0 saturated carbocycles. The van der Waals surface area contributed by atoms with Crippen molar-refractivity contribution in [2.75, 3.05) is 7.11 Å². The van der Waals surface area contributed by atoms with Gasteiger partial charge in [0.1, 0.15) is 11.6 Å². The number of hydrogen-bond acceptors (Lipinski definition) is 4. The lowest BCUT2D eigenvalue weighted by Crippen LogP contribution is -2.37. The van der Waals surface area contributed by atoms with Gasteiger partial charge in [0.15, 0.2) is 6.10 Å². The van der Waals surface area contributed by atoms with Crippen LogP contribution in [-0.4, -0.2) is 25.1 Å². The topological polar surface area (TPSA) is 64.6 Å². The predicted molar refractivity (Wildman–Crippen MR) is 101 cm³/mol. The highest BCUT2D eigenvalue weighted by atomic mass is 35.5. The summed E-state index contributed by atoms with van der Waals surface area (Å²) in [5, 5.41) is 3.57. The fourth-order valence-electron chi connectivity index (χ4n) is 2.33. The smallest absolute Gasteiger partial charge is 0.341 e. The Hall–Kier alpha value is -2.31. The number of methoxy groups -OCH3 is 1. The van der Waals surface area contributed by atoms with Gasteiger partial charge in [-0.05, 0) is 43.7 Å². The van der Waals surface area contributed by atoms with Gasteiger partial charge in [-0.1, -0.05) is 29.3 Å². The molecule has 0 aliphatic rings. The lowest BCUT2D eigenvalue weighted by atomic mass is 10.1. The summed E-state index contributed by atoms with van der Waals surface area (Å²) < 4.78 is 23.9. The second kappa shape index (κ2) is 9.06. The molecule has 2 aromatic carbocycles. The number of esters is 1. The minimum absolute atomic E-state index is 0.267. The lowest BCUT2D eigenvalue weighted by molar-refractivity contribution is -0.129. The largest absolute Gasteiger partial charge is 0.497 e. The van der Waals surface area contributed by atoms with Crippen LogP contribution >= 0.6 is 23.2 Å². The van der Waals surface area contributed by atoms with Crippen molar-refractivity contribution in [1.82, 2.24) is 5.32 Å². The van der Waals surface area contributed by atoms with Crippen LogP contribution in [0.2, 0.25) is 10.0 Å². The molecule has 0 aliphatic carbocycles. The van der Waals surface area contributed by atoms with Crippen LogP contribution < -0.4 is 10.1 Å². The van der Waals surface area contributed by atoms with E-state index in [4.69, 9.17) is 32.7 Å². The average molecular weight is 414 g/mol. The van der Waals surface area contributed by atoms with Gasteiger partial charge in [0.2, 0.25) is 0 Å². The Labute approximate surface area is 166 Å². The van der Waals surface area contributed by atoms with Crippen molar-refractivity contribution in [1.29, 1.82) is 0 Å². The van der Waals surface area contributed by atoms with Crippen molar-refractivity contribution >= 4 is 35.1 Å². The zero-order chi connectivity index (χ0) is 20.1. The normalized spacial score (nSPS) is 12.8. The molecule has 0 fully saturated rings. The maximum Gasteiger partial charge on any atom is 0.341 e. The molecule has 8 heteroatoms. The van der Waals surface area contributed by atoms with Crippen molar-refractivity contribution < 1.29 is 23.5 Å². The van der Waals surface area contributed by atoms with E-state index < -0.39 is 29.8 Å². The molecule has 0 aromatic heterocycles. The van der Waals surface area contributed by atoms with Crippen LogP contribution in [0.1, 0.15) is 35.8 Å². The van der Waals surface area contributed by atoms with Crippen molar-refractivity contribution in [2.45, 2.75) is 26.0 Å². The molecule has 0 aliphatic heterocycles. The first-order chi connectivity index (χ1) is 12.7. The van der Waals surface area contributed by atoms with Gasteiger partial charge >= 0.3 is 5.97 Å². The van der Waals surface area contributed by atoms with Crippen LogP contribution in [0.4, 0.5) is 4.39 Å². The second-order valence-corrected chi connectivity index (χ2v) is 6.63. The number of hydrogen-bond donors (Lipinski definition) is 1. The molecule has 2 aromatic rings. The molecule has 0 saturated heterocycles. The van der Waals surface area contributed by atoms with E-state index in [-0.39, 0.29) is 11.3 Å². The van der Waals surface area contributed by atoms with Gasteiger partial charge in [0.25, 0.3) is 5.91 Å². The van der Waals surface area contributed by atoms with E-state index in [2.05, 4.69) is 5.32 Å². The Morgan fingerprint density at radius 2 is 1.81 bits per heavy atom. The summed E-state index contributed by atoms with van der Waals surface area (Å²) in [5.74, 6) is -2.03. The number of amides is 1. The number of nitrogens with one attached hydrogen (secondary N) is 1. The van der Waals surface area contributed by atoms with Crippen molar-refractivity contribution in [2.24, 2.45) is 0 Å². The third-order valence-electron chi connectivity index (χ3n) is 3.84. The van der Waals surface area contributed by atoms with Crippen LogP contribution in [0.25, 0.3) is 0 Å². The van der Waals surface area contributed by atoms with Crippen LogP contribution in [0.3, 0.4) is 0 Å². The van der Waals surface area contributed by atoms with Gasteiger partial charge in [-0.2, -0.15) is 0 Å². The highest BCUT2D eigenvalue weighted by molar-refractivity contribution is 6.35. The van der Waals surface area contributed by atoms with Gasteiger partial charge in [-0.25, -0.2) is 9.18 Å². The summed E-state index contributed by atoms with van der Waals surface area (Å²) in [4.78, 5) is 24.4. The molecule has 27 heavy (non-hydrogen) atoms. The molecule has 0 heterocycles. The van der Waals surface area contributed by atoms with E-state index >= 15 is 0 Å². The quantitative estimate of drug-likeness (QED) is 0.704. The van der Waals surface area contributed by atoms with Gasteiger partial charge in [-0.15, -0.1) is 0 Å². The summed E-state index contributed by atoms with van der Waals surface area (Å²) in [6.45, 7) is 3.12. The fraction of sp³-hybridized carbons (Fsp3) is 0.263. The molecule has 2 rings (SSSR count). The third-order valence-corrected chi connectivity index (χ3v) is 4.40. The molecule has 1 amide bonds. The Kier molecular flexibility index (Phi) is 7.05. The summed E-state index contributed by atoms with van der Waals surface area (Å²) >= 11 is 12.0. The van der Waals surface area contributed by atoms with E-state index in [0.717, 1.165) is 6.07 Å². The standard InChI is InChI=1S/C19H18Cl2FNO4/c1-10(14-6-4-12(20)8-16(14)21)23-18(24)11(2)27-19(25)15-7-5-13(26-3)9-17(15)22/h4-11H,1-3H3,(H,23,24)/t10-,11-/m1/s1. The molecule has 2 atom stereocenters. The Balaban J connectivity index is 2.01. The number of halogens is 3. The molecule has 1 N–H and O–H groups in total. The van der Waals surface area contributed by atoms with Crippen molar-refractivity contribution in [3.8, 4) is 5.75 Å². The molecule has 5 nitrogen and oxygen atoms in total. The summed E-state index contributed by atoms with van der Waals surface area (Å²) in [5.41, 5.74) is 0.374. The molecule has 0 unspecified atom stereocenters. The monoisotopic (exact) mass is 413 g/mol. The first kappa shape index (κ1) is 21.0. The first-order valence-electron chi connectivity index (χ1n) is 8.02. The molecular formula is C19H18Cl2FNO4. The van der Waals surface area contributed by atoms with Crippen LogP contribution in [0.15, 0.2) is 36.4 Å². The minimum atomic E-state index is -1.13. The van der Waals surface area contributed by atoms with Gasteiger partial charge in [0, 0.05) is 16.1 Å². The fourth-order valence-corrected chi connectivity index (χ4v) is 2.90. The first-order valence-corrected chi connectivity index (χ1v) is 8.78. The SMILES string of the molecule is COc1ccc(C(=O)O[C@H](C)C(=O)N[C@H](C)c2ccc(Cl)cc2Cl)c(F)c1. The zero-order valence-electron chi connectivity index (χ0n) is 14.9. The minimum Gasteiger partial charge on any atom is -0.497 e. The summed E-state index contributed by atoms with van der Waals surface area (Å²) in [7, 11) is 1.38. The summed E-state index contributed by atoms with van der Waals surface area (Å²) in [6.07, 6.45) is -1.13. The Morgan fingerprint density at radius 3 is 2.41 bits per heavy atom. The third kappa shape index (κ3) is 5.34. The number of rotatable bonds is 6. The van der Waals surface area contributed by atoms with Crippen molar-refractivity contribution in [3.63, 3.8) is 0 Å². The van der Waals surface area contributed by atoms with Crippen LogP contribution in [0.5, 0.6) is 5.75 Å². The van der Waals surface area contributed by atoms with Gasteiger partial charge < -0.3 is 14.8 Å². The number of carbonyl (C=O) groups excluding carboxylic acids is 2. The van der Waals surface area contributed by atoms with E-state index in [1.807, 2.05) is 0 Å². The van der Waals surface area contributed by atoms with Gasteiger partial charge in [-0.3, -0.25) is 4.79 Å². The Bertz CT molecular complexity index is 860. The van der Waals surface area contributed by atoms with E-state index in [1.54, 1.807) is 25.1 Å². The van der Waals surface area contributed by atoms with E-state index in [1.165, 1.54) is 26.2 Å². The Morgan fingerprint density at radius 1 is 1.11 bits per heavy atom. The zero-order valence-corrected chi connectivity index (χ0v) is 16.4. The maximum atomic E-state index is 13.9. The molecule has 0 radical (unpaired) electrons. The summed E-state index contributed by atoms with van der Waals surface area (Å²) in [6, 6.07) is 8.19. The maximum absolute atomic E-state index is 13.9. The molecular weight excluding hydrogens is 396 g/mol. The lowest BCUT2D eigenvalue weighted by Gasteiger charge is -2.19. The highest BCUT2D eigenvalue weighted by Gasteiger charge is 2.23. The molecule has 144 valence electrons. The number of benzene rings is 2. The predicted octanol–water partition coefficient (Wildman–Crippen LogP) is 4.56. The second-order valence-electron chi connectivity index (χ2n) is 5.79. The van der Waals surface area contributed by atoms with Crippen LogP contribution in [-0.2, 0) is 9.53 Å². The van der Waals surface area contributed by atoms with E-state index in [9.17, 15) is 14.0 Å². The van der Waals surface area contributed by atoms with Crippen LogP contribution in [0, 0.1) is 5.82 Å². The van der Waals surface area contributed by atoms with E-state index in [0.29, 0.717) is 15.6 Å². The highest BCUT2D eigenvalue weighted by Crippen LogP contribution is 2.26. The molecule has 0 bridgehead atoms. The average Bonchev–Trinajstić information content (AvgIpc) is 2.60.